The van der Waals surface area contributed by atoms with Gasteiger partial charge < -0.3 is 0 Å². The molecule has 98 valence electrons. The van der Waals surface area contributed by atoms with Crippen LogP contribution in [0.5, 0.6) is 0 Å². The van der Waals surface area contributed by atoms with Crippen LogP contribution in [-0.4, -0.2) is 12.2 Å². The van der Waals surface area contributed by atoms with E-state index < -0.39 is 0 Å². The molecule has 0 radical (unpaired) electrons. The van der Waals surface area contributed by atoms with Crippen molar-refractivity contribution in [1.82, 2.24) is 0 Å². The summed E-state index contributed by atoms with van der Waals surface area (Å²) in [6.45, 7) is 16.2. The molecule has 4 heteroatoms. The van der Waals surface area contributed by atoms with E-state index in [0.717, 1.165) is 0 Å². The average molecular weight is 234 g/mol. The Kier molecular flexibility index (Phi) is 5.90. The Balaban J connectivity index is 3.70. The predicted octanol–water partition coefficient (Wildman–Crippen LogP) is 3.67. The summed E-state index contributed by atoms with van der Waals surface area (Å²) in [5.74, 6) is 0. The van der Waals surface area contributed by atoms with Crippen LogP contribution in [0.3, 0.4) is 0 Å². The van der Waals surface area contributed by atoms with E-state index >= 15 is 0 Å². The molecule has 0 N–H and O–H groups in total. The average Bonchev–Trinajstić information content (AvgIpc) is 2.08. The van der Waals surface area contributed by atoms with Crippen molar-refractivity contribution in [3.8, 4) is 0 Å². The third-order valence-electron chi connectivity index (χ3n) is 2.83. The predicted molar refractivity (Wildman–Crippen MR) is 62.2 cm³/mol. The van der Waals surface area contributed by atoms with Crippen LogP contribution in [0.1, 0.15) is 55.4 Å². The standard InChI is InChI=1S/C12H26O4/c1-9(11(3,4)5)13-15-16-14-10(2)12(6,7)8/h9-10H,1-8H3. The highest BCUT2D eigenvalue weighted by atomic mass is 17.7. The van der Waals surface area contributed by atoms with E-state index in [1.165, 1.54) is 0 Å². The summed E-state index contributed by atoms with van der Waals surface area (Å²) in [6.07, 6.45) is -0.165. The molecule has 2 atom stereocenters. The van der Waals surface area contributed by atoms with Crippen LogP contribution in [0, 0.1) is 10.8 Å². The molecule has 2 unspecified atom stereocenters. The zero-order valence-corrected chi connectivity index (χ0v) is 11.8. The van der Waals surface area contributed by atoms with Crippen molar-refractivity contribution in [1.29, 1.82) is 0 Å². The molecule has 0 aliphatic rings. The van der Waals surface area contributed by atoms with E-state index in [2.05, 4.69) is 51.6 Å². The summed E-state index contributed by atoms with van der Waals surface area (Å²) < 4.78 is 0. The van der Waals surface area contributed by atoms with E-state index in [4.69, 9.17) is 9.78 Å². The maximum atomic E-state index is 5.02. The first kappa shape index (κ1) is 15.8. The van der Waals surface area contributed by atoms with Gasteiger partial charge in [-0.25, -0.2) is 9.78 Å². The SMILES string of the molecule is CC(OOOOC(C)C(C)(C)C)C(C)(C)C. The Morgan fingerprint density at radius 1 is 0.625 bits per heavy atom. The third-order valence-corrected chi connectivity index (χ3v) is 2.83. The Morgan fingerprint density at radius 2 is 0.875 bits per heavy atom. The first-order valence-corrected chi connectivity index (χ1v) is 5.70. The maximum Gasteiger partial charge on any atom is 0.0982 e. The van der Waals surface area contributed by atoms with Gasteiger partial charge in [-0.15, -0.1) is 0 Å². The van der Waals surface area contributed by atoms with Gasteiger partial charge in [0.15, 0.2) is 0 Å². The van der Waals surface area contributed by atoms with Crippen LogP contribution >= 0.6 is 0 Å². The molecule has 0 amide bonds. The van der Waals surface area contributed by atoms with Gasteiger partial charge in [-0.3, -0.25) is 0 Å². The lowest BCUT2D eigenvalue weighted by Gasteiger charge is -2.26. The van der Waals surface area contributed by atoms with Gasteiger partial charge in [-0.05, 0) is 34.8 Å². The Labute approximate surface area is 99.0 Å². The Morgan fingerprint density at radius 3 is 1.06 bits per heavy atom. The summed E-state index contributed by atoms with van der Waals surface area (Å²) >= 11 is 0. The van der Waals surface area contributed by atoms with Crippen molar-refractivity contribution in [2.24, 2.45) is 10.8 Å². The van der Waals surface area contributed by atoms with Gasteiger partial charge in [0.25, 0.3) is 0 Å². The van der Waals surface area contributed by atoms with Crippen LogP contribution < -0.4 is 0 Å². The minimum absolute atomic E-state index is 0.000989. The van der Waals surface area contributed by atoms with Gasteiger partial charge in [0.2, 0.25) is 0 Å². The van der Waals surface area contributed by atoms with Crippen molar-refractivity contribution in [2.45, 2.75) is 67.6 Å². The highest BCUT2D eigenvalue weighted by Crippen LogP contribution is 2.23. The number of hydrogen-bond acceptors (Lipinski definition) is 4. The first-order chi connectivity index (χ1) is 7.05. The molecule has 16 heavy (non-hydrogen) atoms. The van der Waals surface area contributed by atoms with Crippen molar-refractivity contribution in [2.75, 3.05) is 0 Å². The normalized spacial score (nSPS) is 17.2. The molecule has 0 aliphatic carbocycles. The van der Waals surface area contributed by atoms with Crippen molar-refractivity contribution in [3.63, 3.8) is 0 Å². The largest absolute Gasteiger partial charge is 0.200 e. The quantitative estimate of drug-likeness (QED) is 0.413. The fraction of sp³-hybridized carbons (Fsp3) is 1.00. The number of rotatable bonds is 5. The van der Waals surface area contributed by atoms with Crippen LogP contribution in [-0.2, 0) is 19.9 Å². The summed E-state index contributed by atoms with van der Waals surface area (Å²) in [4.78, 5) is 10.0. The molecule has 0 saturated carbocycles. The molecule has 0 aromatic carbocycles. The topological polar surface area (TPSA) is 36.9 Å². The summed E-state index contributed by atoms with van der Waals surface area (Å²) in [7, 11) is 0. The third kappa shape index (κ3) is 6.43. The van der Waals surface area contributed by atoms with E-state index in [-0.39, 0.29) is 23.0 Å². The molecule has 0 rings (SSSR count). The molecule has 0 aromatic heterocycles. The second-order valence-corrected chi connectivity index (χ2v) is 6.35. The Bertz CT molecular complexity index is 168. The second kappa shape index (κ2) is 5.96. The monoisotopic (exact) mass is 234 g/mol. The molecule has 0 fully saturated rings. The van der Waals surface area contributed by atoms with Crippen molar-refractivity contribution in [3.05, 3.63) is 0 Å². The van der Waals surface area contributed by atoms with Gasteiger partial charge in [0.05, 0.1) is 12.2 Å². The van der Waals surface area contributed by atoms with Crippen molar-refractivity contribution < 1.29 is 19.9 Å². The summed E-state index contributed by atoms with van der Waals surface area (Å²) in [6, 6.07) is 0. The van der Waals surface area contributed by atoms with Crippen LogP contribution in [0.4, 0.5) is 0 Å². The molecular formula is C12H26O4. The zero-order valence-electron chi connectivity index (χ0n) is 11.8. The molecule has 0 spiro atoms. The lowest BCUT2D eigenvalue weighted by Crippen LogP contribution is -2.28. The molecule has 0 aromatic rings. The van der Waals surface area contributed by atoms with Crippen LogP contribution in [0.15, 0.2) is 0 Å². The van der Waals surface area contributed by atoms with Gasteiger partial charge in [-0.2, -0.15) is 0 Å². The second-order valence-electron chi connectivity index (χ2n) is 6.35. The Hall–Kier alpha value is -0.160. The van der Waals surface area contributed by atoms with Crippen LogP contribution in [0.25, 0.3) is 0 Å². The lowest BCUT2D eigenvalue weighted by atomic mass is 9.90. The van der Waals surface area contributed by atoms with Gasteiger partial charge in [0, 0.05) is 0 Å². The van der Waals surface area contributed by atoms with E-state index in [0.29, 0.717) is 0 Å². The van der Waals surface area contributed by atoms with Crippen LogP contribution in [0.2, 0.25) is 0 Å². The fourth-order valence-corrected chi connectivity index (χ4v) is 0.439. The first-order valence-electron chi connectivity index (χ1n) is 5.70. The lowest BCUT2D eigenvalue weighted by molar-refractivity contribution is -0.653. The van der Waals surface area contributed by atoms with Gasteiger partial charge in [-0.1, -0.05) is 41.5 Å². The summed E-state index contributed by atoms with van der Waals surface area (Å²) in [5.41, 5.74) is -0.00198. The summed E-state index contributed by atoms with van der Waals surface area (Å²) in [5, 5.41) is 9.13. The molecule has 0 heterocycles. The molecule has 0 aliphatic heterocycles. The minimum Gasteiger partial charge on any atom is -0.200 e. The van der Waals surface area contributed by atoms with E-state index in [9.17, 15) is 0 Å². The van der Waals surface area contributed by atoms with Gasteiger partial charge in [0.1, 0.15) is 0 Å². The highest BCUT2D eigenvalue weighted by Gasteiger charge is 2.24. The smallest absolute Gasteiger partial charge is 0.0982 e. The fourth-order valence-electron chi connectivity index (χ4n) is 0.439. The molecule has 0 bridgehead atoms. The molecular weight excluding hydrogens is 208 g/mol. The van der Waals surface area contributed by atoms with Gasteiger partial charge >= 0.3 is 0 Å². The van der Waals surface area contributed by atoms with E-state index in [1.54, 1.807) is 0 Å². The highest BCUT2D eigenvalue weighted by molar-refractivity contribution is 4.68. The molecule has 0 saturated heterocycles. The molecule has 4 nitrogen and oxygen atoms in total. The number of hydrogen-bond donors (Lipinski definition) is 0. The maximum absolute atomic E-state index is 5.02. The zero-order chi connectivity index (χ0) is 13.0. The van der Waals surface area contributed by atoms with Crippen molar-refractivity contribution >= 4 is 0 Å². The minimum atomic E-state index is -0.0824. The van der Waals surface area contributed by atoms with E-state index in [1.807, 2.05) is 13.8 Å².